The van der Waals surface area contributed by atoms with Gasteiger partial charge in [-0.25, -0.2) is 9.78 Å². The van der Waals surface area contributed by atoms with E-state index in [1.165, 1.54) is 18.3 Å². The van der Waals surface area contributed by atoms with Crippen molar-refractivity contribution in [3.8, 4) is 10.6 Å². The molecule has 0 aliphatic heterocycles. The predicted molar refractivity (Wildman–Crippen MR) is 136 cm³/mol. The number of hydrogen-bond donors (Lipinski definition) is 1. The zero-order valence-corrected chi connectivity index (χ0v) is 20.2. The molecule has 1 heterocycles. The van der Waals surface area contributed by atoms with Gasteiger partial charge in [0.2, 0.25) is 0 Å². The van der Waals surface area contributed by atoms with E-state index in [2.05, 4.69) is 10.3 Å². The maximum Gasteiger partial charge on any atom is 0.358 e. The van der Waals surface area contributed by atoms with Gasteiger partial charge in [0, 0.05) is 27.6 Å². The largest absolute Gasteiger partial charge is 0.448 e. The molecule has 178 valence electrons. The summed E-state index contributed by atoms with van der Waals surface area (Å²) in [7, 11) is 0. The van der Waals surface area contributed by atoms with E-state index in [1.807, 2.05) is 31.2 Å². The molecule has 8 heteroatoms. The van der Waals surface area contributed by atoms with E-state index in [4.69, 9.17) is 4.74 Å². The monoisotopic (exact) mass is 496 g/mol. The van der Waals surface area contributed by atoms with Crippen molar-refractivity contribution in [2.75, 3.05) is 5.32 Å². The van der Waals surface area contributed by atoms with Crippen LogP contribution < -0.4 is 5.32 Å². The number of carbonyl (C=O) groups excluding carboxylic acids is 4. The molecule has 1 atom stereocenters. The highest BCUT2D eigenvalue weighted by Crippen LogP contribution is 2.32. The molecule has 5 rings (SSSR count). The summed E-state index contributed by atoms with van der Waals surface area (Å²) in [4.78, 5) is 55.8. The van der Waals surface area contributed by atoms with Gasteiger partial charge in [-0.1, -0.05) is 66.2 Å². The summed E-state index contributed by atoms with van der Waals surface area (Å²) in [5.41, 5.74) is 3.23. The van der Waals surface area contributed by atoms with Crippen LogP contribution in [0.5, 0.6) is 0 Å². The molecule has 3 aromatic carbocycles. The highest BCUT2D eigenvalue weighted by molar-refractivity contribution is 7.13. The number of anilines is 1. The first kappa shape index (κ1) is 23.3. The summed E-state index contributed by atoms with van der Waals surface area (Å²) >= 11 is 1.30. The van der Waals surface area contributed by atoms with E-state index in [9.17, 15) is 19.2 Å². The first-order valence-corrected chi connectivity index (χ1v) is 12.1. The van der Waals surface area contributed by atoms with Gasteiger partial charge in [-0.2, -0.15) is 0 Å². The number of esters is 1. The van der Waals surface area contributed by atoms with Crippen molar-refractivity contribution in [2.45, 2.75) is 20.0 Å². The summed E-state index contributed by atoms with van der Waals surface area (Å²) in [6, 6.07) is 19.0. The second kappa shape index (κ2) is 9.31. The van der Waals surface area contributed by atoms with E-state index >= 15 is 0 Å². The lowest BCUT2D eigenvalue weighted by Gasteiger charge is -2.21. The van der Waals surface area contributed by atoms with E-state index in [0.717, 1.165) is 11.1 Å². The molecule has 0 spiro atoms. The van der Waals surface area contributed by atoms with Crippen molar-refractivity contribution in [3.05, 3.63) is 106 Å². The lowest BCUT2D eigenvalue weighted by Crippen LogP contribution is -2.31. The fraction of sp³-hybridized carbons (Fsp3) is 0.107. The van der Waals surface area contributed by atoms with Gasteiger partial charge in [0.15, 0.2) is 23.4 Å². The Balaban J connectivity index is 1.31. The first-order chi connectivity index (χ1) is 17.3. The minimum absolute atomic E-state index is 0.102. The number of fused-ring (bicyclic) bond motifs is 2. The lowest BCUT2D eigenvalue weighted by atomic mass is 9.83. The van der Waals surface area contributed by atoms with Crippen LogP contribution in [-0.2, 0) is 9.53 Å². The molecule has 0 saturated carbocycles. The molecule has 1 aliphatic carbocycles. The maximum absolute atomic E-state index is 13.1. The normalized spacial score (nSPS) is 12.9. The van der Waals surface area contributed by atoms with E-state index in [1.54, 1.807) is 47.8 Å². The van der Waals surface area contributed by atoms with E-state index < -0.39 is 18.0 Å². The Bertz CT molecular complexity index is 1540. The standard InChI is InChI=1S/C28H20N2O5S/c1-15-10-12-17(13-11-15)27-30-22(14-36-27)28(34)35-16(2)26(33)29-21-9-5-8-20-23(21)25(32)19-7-4-3-6-18(19)24(20)31/h3-14,16H,1-2H3,(H,29,33). The van der Waals surface area contributed by atoms with Crippen molar-refractivity contribution in [1.82, 2.24) is 4.98 Å². The fourth-order valence-corrected chi connectivity index (χ4v) is 4.75. The molecule has 1 amide bonds. The number of rotatable bonds is 5. The second-order valence-corrected chi connectivity index (χ2v) is 9.23. The third-order valence-electron chi connectivity index (χ3n) is 5.88. The zero-order valence-electron chi connectivity index (χ0n) is 19.4. The molecule has 1 aromatic heterocycles. The molecular weight excluding hydrogens is 476 g/mol. The molecule has 1 aliphatic rings. The first-order valence-electron chi connectivity index (χ1n) is 11.2. The quantitative estimate of drug-likeness (QED) is 0.341. The van der Waals surface area contributed by atoms with E-state index in [0.29, 0.717) is 10.6 Å². The van der Waals surface area contributed by atoms with E-state index in [-0.39, 0.29) is 39.6 Å². The van der Waals surface area contributed by atoms with Crippen LogP contribution in [0.2, 0.25) is 0 Å². The number of aromatic nitrogens is 1. The van der Waals surface area contributed by atoms with Crippen LogP contribution in [0, 0.1) is 6.92 Å². The number of ketones is 2. The number of carbonyl (C=O) groups is 4. The molecule has 0 radical (unpaired) electrons. The number of nitrogens with one attached hydrogen (secondary N) is 1. The van der Waals surface area contributed by atoms with Crippen LogP contribution in [0.3, 0.4) is 0 Å². The van der Waals surface area contributed by atoms with Gasteiger partial charge >= 0.3 is 5.97 Å². The SMILES string of the molecule is Cc1ccc(-c2nc(C(=O)OC(C)C(=O)Nc3cccc4c3C(=O)c3ccccc3C4=O)cs2)cc1. The zero-order chi connectivity index (χ0) is 25.4. The summed E-state index contributed by atoms with van der Waals surface area (Å²) in [5, 5.41) is 4.88. The smallest absolute Gasteiger partial charge is 0.358 e. The molecule has 0 saturated heterocycles. The van der Waals surface area contributed by atoms with Crippen LogP contribution in [0.25, 0.3) is 10.6 Å². The van der Waals surface area contributed by atoms with Crippen LogP contribution in [0.4, 0.5) is 5.69 Å². The minimum Gasteiger partial charge on any atom is -0.448 e. The Morgan fingerprint density at radius 1 is 0.889 bits per heavy atom. The van der Waals surface area contributed by atoms with Crippen LogP contribution in [-0.4, -0.2) is 34.5 Å². The van der Waals surface area contributed by atoms with Crippen LogP contribution in [0.15, 0.2) is 72.1 Å². The Labute approximate surface area is 210 Å². The third-order valence-corrected chi connectivity index (χ3v) is 6.77. The average Bonchev–Trinajstić information content (AvgIpc) is 3.38. The highest BCUT2D eigenvalue weighted by Gasteiger charge is 2.32. The van der Waals surface area contributed by atoms with Gasteiger partial charge in [0.05, 0.1) is 11.3 Å². The number of nitrogens with zero attached hydrogens (tertiary/aromatic N) is 1. The number of ether oxygens (including phenoxy) is 1. The molecule has 0 bridgehead atoms. The Kier molecular flexibility index (Phi) is 6.03. The summed E-state index contributed by atoms with van der Waals surface area (Å²) in [6.07, 6.45) is -1.17. The Hall–Kier alpha value is -4.43. The molecule has 36 heavy (non-hydrogen) atoms. The molecule has 4 aromatic rings. The van der Waals surface area contributed by atoms with Gasteiger partial charge < -0.3 is 10.1 Å². The number of thiazole rings is 1. The second-order valence-electron chi connectivity index (χ2n) is 8.37. The molecule has 0 fully saturated rings. The molecule has 7 nitrogen and oxygen atoms in total. The fourth-order valence-electron chi connectivity index (χ4n) is 3.95. The van der Waals surface area contributed by atoms with Crippen molar-refractivity contribution < 1.29 is 23.9 Å². The van der Waals surface area contributed by atoms with Gasteiger partial charge in [0.1, 0.15) is 5.01 Å². The number of hydrogen-bond acceptors (Lipinski definition) is 7. The van der Waals surface area contributed by atoms with Crippen LogP contribution in [0.1, 0.15) is 54.8 Å². The number of aryl methyl sites for hydroxylation is 1. The summed E-state index contributed by atoms with van der Waals surface area (Å²) < 4.78 is 5.33. The average molecular weight is 497 g/mol. The minimum atomic E-state index is -1.17. The Morgan fingerprint density at radius 3 is 2.28 bits per heavy atom. The summed E-state index contributed by atoms with van der Waals surface area (Å²) in [5.74, 6) is -2.01. The van der Waals surface area contributed by atoms with Crippen molar-refractivity contribution >= 4 is 40.5 Å². The lowest BCUT2D eigenvalue weighted by molar-refractivity contribution is -0.123. The van der Waals surface area contributed by atoms with Gasteiger partial charge in [-0.15, -0.1) is 11.3 Å². The van der Waals surface area contributed by atoms with Crippen molar-refractivity contribution in [2.24, 2.45) is 0 Å². The molecule has 1 unspecified atom stereocenters. The predicted octanol–water partition coefficient (Wildman–Crippen LogP) is 5.08. The number of benzene rings is 3. The number of amides is 1. The van der Waals surface area contributed by atoms with Crippen molar-refractivity contribution in [1.29, 1.82) is 0 Å². The van der Waals surface area contributed by atoms with Gasteiger partial charge in [-0.3, -0.25) is 14.4 Å². The van der Waals surface area contributed by atoms with Gasteiger partial charge in [0.25, 0.3) is 5.91 Å². The third kappa shape index (κ3) is 4.23. The highest BCUT2D eigenvalue weighted by atomic mass is 32.1. The molecule has 1 N–H and O–H groups in total. The Morgan fingerprint density at radius 2 is 1.56 bits per heavy atom. The van der Waals surface area contributed by atoms with Crippen LogP contribution >= 0.6 is 11.3 Å². The maximum atomic E-state index is 13.1. The summed E-state index contributed by atoms with van der Waals surface area (Å²) in [6.45, 7) is 3.41. The van der Waals surface area contributed by atoms with Crippen molar-refractivity contribution in [3.63, 3.8) is 0 Å². The van der Waals surface area contributed by atoms with Gasteiger partial charge in [-0.05, 0) is 19.9 Å². The molecular formula is C28H20N2O5S. The topological polar surface area (TPSA) is 102 Å².